The number of imidazole rings is 2. The van der Waals surface area contributed by atoms with Crippen LogP contribution in [0.5, 0.6) is 0 Å². The van der Waals surface area contributed by atoms with E-state index >= 15 is 0 Å². The second-order valence-electron chi connectivity index (χ2n) is 6.09. The number of hydrogen-bond acceptors (Lipinski definition) is 5. The van der Waals surface area contributed by atoms with E-state index in [-0.39, 0.29) is 0 Å². The summed E-state index contributed by atoms with van der Waals surface area (Å²) in [5.74, 6) is 1.65. The minimum absolute atomic E-state index is 0.665. The fourth-order valence-corrected chi connectivity index (χ4v) is 3.04. The van der Waals surface area contributed by atoms with Crippen molar-refractivity contribution in [1.29, 1.82) is 0 Å². The predicted octanol–water partition coefficient (Wildman–Crippen LogP) is 2.57. The molecular weight excluding hydrogens is 328 g/mol. The number of benzene rings is 1. The number of tetrazole rings is 1. The normalized spacial score (nSPS) is 11.2. The summed E-state index contributed by atoms with van der Waals surface area (Å²) in [5, 5.41) is 14.2. The zero-order chi connectivity index (χ0) is 17.9. The van der Waals surface area contributed by atoms with Crippen LogP contribution in [0.3, 0.4) is 0 Å². The molecule has 0 bridgehead atoms. The van der Waals surface area contributed by atoms with Crippen LogP contribution in [0.1, 0.15) is 24.3 Å². The van der Waals surface area contributed by atoms with E-state index in [0.717, 1.165) is 40.6 Å². The molecule has 8 nitrogen and oxygen atoms in total. The molecule has 0 aliphatic rings. The highest BCUT2D eigenvalue weighted by molar-refractivity contribution is 5.77. The van der Waals surface area contributed by atoms with Crippen molar-refractivity contribution >= 4 is 0 Å². The summed E-state index contributed by atoms with van der Waals surface area (Å²) in [4.78, 5) is 12.8. The van der Waals surface area contributed by atoms with Crippen LogP contribution in [-0.2, 0) is 19.4 Å². The standard InChI is InChI=1S/C18H20N8/c1-3-14-20-12(2)16(21-14)18-17(13-7-5-4-6-8-13)19-11-26(18)10-9-15-22-24-25-23-15/h4-8,11H,3,9-10H2,1-2H3,(H,20,21)(H,22,23,24,25). The SMILES string of the molecule is CCc1nc(-c2c(-c3ccccc3)ncn2CCc2nn[nH]n2)c(C)[nH]1. The lowest BCUT2D eigenvalue weighted by Crippen LogP contribution is -2.04. The van der Waals surface area contributed by atoms with Gasteiger partial charge in [0.05, 0.1) is 17.7 Å². The average Bonchev–Trinajstić information content (AvgIpc) is 3.40. The van der Waals surface area contributed by atoms with Gasteiger partial charge >= 0.3 is 0 Å². The van der Waals surface area contributed by atoms with Crippen LogP contribution in [0.25, 0.3) is 22.6 Å². The maximum Gasteiger partial charge on any atom is 0.176 e. The van der Waals surface area contributed by atoms with E-state index in [2.05, 4.69) is 54.2 Å². The number of aryl methyl sites for hydroxylation is 4. The third-order valence-electron chi connectivity index (χ3n) is 4.34. The third-order valence-corrected chi connectivity index (χ3v) is 4.34. The van der Waals surface area contributed by atoms with Crippen LogP contribution in [0, 0.1) is 6.92 Å². The van der Waals surface area contributed by atoms with Gasteiger partial charge in [-0.15, -0.1) is 10.2 Å². The highest BCUT2D eigenvalue weighted by Gasteiger charge is 2.20. The predicted molar refractivity (Wildman–Crippen MR) is 97.2 cm³/mol. The van der Waals surface area contributed by atoms with Gasteiger partial charge in [0.15, 0.2) is 5.82 Å². The lowest BCUT2D eigenvalue weighted by molar-refractivity contribution is 0.676. The fraction of sp³-hybridized carbons (Fsp3) is 0.278. The van der Waals surface area contributed by atoms with Gasteiger partial charge in [0.25, 0.3) is 0 Å². The van der Waals surface area contributed by atoms with Gasteiger partial charge in [-0.2, -0.15) is 5.21 Å². The number of hydrogen-bond donors (Lipinski definition) is 2. The van der Waals surface area contributed by atoms with Gasteiger partial charge in [-0.3, -0.25) is 0 Å². The second-order valence-corrected chi connectivity index (χ2v) is 6.09. The lowest BCUT2D eigenvalue weighted by atomic mass is 10.1. The molecule has 0 atom stereocenters. The number of aromatic amines is 2. The average molecular weight is 348 g/mol. The van der Waals surface area contributed by atoms with Crippen molar-refractivity contribution in [2.24, 2.45) is 0 Å². The Morgan fingerprint density at radius 2 is 1.96 bits per heavy atom. The highest BCUT2D eigenvalue weighted by Crippen LogP contribution is 2.32. The molecule has 0 saturated carbocycles. The molecule has 0 unspecified atom stereocenters. The van der Waals surface area contributed by atoms with E-state index in [4.69, 9.17) is 4.98 Å². The first-order valence-electron chi connectivity index (χ1n) is 8.65. The van der Waals surface area contributed by atoms with Gasteiger partial charge in [-0.25, -0.2) is 9.97 Å². The molecule has 0 spiro atoms. The van der Waals surface area contributed by atoms with Crippen molar-refractivity contribution in [1.82, 2.24) is 40.1 Å². The molecule has 132 valence electrons. The van der Waals surface area contributed by atoms with Crippen LogP contribution in [0.2, 0.25) is 0 Å². The molecule has 0 radical (unpaired) electrons. The summed E-state index contributed by atoms with van der Waals surface area (Å²) in [6.07, 6.45) is 3.38. The van der Waals surface area contributed by atoms with Gasteiger partial charge in [-0.1, -0.05) is 42.5 Å². The van der Waals surface area contributed by atoms with E-state index < -0.39 is 0 Å². The molecule has 3 aromatic heterocycles. The number of nitrogens with one attached hydrogen (secondary N) is 2. The first-order valence-corrected chi connectivity index (χ1v) is 8.65. The number of nitrogens with zero attached hydrogens (tertiary/aromatic N) is 6. The van der Waals surface area contributed by atoms with Crippen LogP contribution in [-0.4, -0.2) is 40.1 Å². The largest absolute Gasteiger partial charge is 0.346 e. The molecule has 8 heteroatoms. The van der Waals surface area contributed by atoms with Crippen LogP contribution in [0.4, 0.5) is 0 Å². The van der Waals surface area contributed by atoms with Gasteiger partial charge in [-0.05, 0) is 6.92 Å². The van der Waals surface area contributed by atoms with E-state index in [1.54, 1.807) is 0 Å². The minimum Gasteiger partial charge on any atom is -0.346 e. The molecule has 0 aliphatic carbocycles. The second kappa shape index (κ2) is 6.91. The lowest BCUT2D eigenvalue weighted by Gasteiger charge is -2.08. The summed E-state index contributed by atoms with van der Waals surface area (Å²) < 4.78 is 2.11. The topological polar surface area (TPSA) is 101 Å². The van der Waals surface area contributed by atoms with Gasteiger partial charge in [0.1, 0.15) is 11.5 Å². The Morgan fingerprint density at radius 3 is 2.65 bits per heavy atom. The Balaban J connectivity index is 1.79. The Hall–Kier alpha value is -3.29. The van der Waals surface area contributed by atoms with E-state index in [9.17, 15) is 0 Å². The molecule has 26 heavy (non-hydrogen) atoms. The van der Waals surface area contributed by atoms with Crippen LogP contribution < -0.4 is 0 Å². The Bertz CT molecular complexity index is 982. The molecule has 4 aromatic rings. The maximum absolute atomic E-state index is 4.80. The van der Waals surface area contributed by atoms with Gasteiger partial charge in [0.2, 0.25) is 0 Å². The minimum atomic E-state index is 0.665. The maximum atomic E-state index is 4.80. The Labute approximate surface area is 150 Å². The van der Waals surface area contributed by atoms with Gasteiger partial charge in [0, 0.05) is 30.6 Å². The molecule has 0 aliphatic heterocycles. The Kier molecular flexibility index (Phi) is 4.30. The van der Waals surface area contributed by atoms with E-state index in [1.807, 2.05) is 31.5 Å². The fourth-order valence-electron chi connectivity index (χ4n) is 3.04. The molecule has 0 saturated heterocycles. The number of aromatic nitrogens is 8. The molecule has 2 N–H and O–H groups in total. The zero-order valence-electron chi connectivity index (χ0n) is 14.8. The number of H-pyrrole nitrogens is 2. The smallest absolute Gasteiger partial charge is 0.176 e. The monoisotopic (exact) mass is 348 g/mol. The van der Waals surface area contributed by atoms with Crippen molar-refractivity contribution in [3.63, 3.8) is 0 Å². The Morgan fingerprint density at radius 1 is 1.12 bits per heavy atom. The third kappa shape index (κ3) is 3.01. The van der Waals surface area contributed by atoms with Crippen LogP contribution >= 0.6 is 0 Å². The quantitative estimate of drug-likeness (QED) is 0.558. The molecular formula is C18H20N8. The zero-order valence-corrected chi connectivity index (χ0v) is 14.8. The summed E-state index contributed by atoms with van der Waals surface area (Å²) in [6.45, 7) is 4.84. The summed E-state index contributed by atoms with van der Waals surface area (Å²) in [6, 6.07) is 10.2. The van der Waals surface area contributed by atoms with Crippen LogP contribution in [0.15, 0.2) is 36.7 Å². The van der Waals surface area contributed by atoms with Crippen molar-refractivity contribution < 1.29 is 0 Å². The van der Waals surface area contributed by atoms with Gasteiger partial charge < -0.3 is 9.55 Å². The highest BCUT2D eigenvalue weighted by atomic mass is 15.5. The van der Waals surface area contributed by atoms with E-state index in [1.165, 1.54) is 0 Å². The molecule has 0 fully saturated rings. The van der Waals surface area contributed by atoms with E-state index in [0.29, 0.717) is 18.8 Å². The van der Waals surface area contributed by atoms with Crippen molar-refractivity contribution in [2.45, 2.75) is 33.2 Å². The van der Waals surface area contributed by atoms with Crippen molar-refractivity contribution in [2.75, 3.05) is 0 Å². The summed E-state index contributed by atoms with van der Waals surface area (Å²) >= 11 is 0. The number of rotatable bonds is 6. The molecule has 3 heterocycles. The van der Waals surface area contributed by atoms with Crippen molar-refractivity contribution in [3.05, 3.63) is 54.0 Å². The molecule has 1 aromatic carbocycles. The van der Waals surface area contributed by atoms with Crippen molar-refractivity contribution in [3.8, 4) is 22.6 Å². The summed E-state index contributed by atoms with van der Waals surface area (Å²) in [7, 11) is 0. The molecule has 4 rings (SSSR count). The summed E-state index contributed by atoms with van der Waals surface area (Å²) in [5.41, 5.74) is 4.98. The first kappa shape index (κ1) is 16.2. The molecule has 0 amide bonds. The first-order chi connectivity index (χ1) is 12.8.